The Morgan fingerprint density at radius 2 is 0.857 bits per heavy atom. The summed E-state index contributed by atoms with van der Waals surface area (Å²) in [5, 5.41) is 87.2. The summed E-state index contributed by atoms with van der Waals surface area (Å²) in [6.45, 7) is 2.80. The van der Waals surface area contributed by atoms with Gasteiger partial charge in [-0.15, -0.1) is 0 Å². The number of hydrogen-bond donors (Lipinski definition) is 9. The fourth-order valence-electron chi connectivity index (χ4n) is 10.2. The van der Waals surface area contributed by atoms with E-state index in [1.54, 1.807) is 6.08 Å². The van der Waals surface area contributed by atoms with E-state index in [1.807, 2.05) is 6.08 Å². The van der Waals surface area contributed by atoms with Crippen molar-refractivity contribution in [3.05, 3.63) is 48.6 Å². The van der Waals surface area contributed by atoms with Crippen molar-refractivity contribution in [1.29, 1.82) is 0 Å². The third-order valence-corrected chi connectivity index (χ3v) is 15.3. The molecule has 14 heteroatoms. The largest absolute Gasteiger partial charge is 0.394 e. The summed E-state index contributed by atoms with van der Waals surface area (Å²) in [6.07, 6.45) is 44.3. The van der Waals surface area contributed by atoms with Gasteiger partial charge in [-0.3, -0.25) is 4.79 Å². The minimum absolute atomic E-state index is 0.250. The van der Waals surface area contributed by atoms with Crippen molar-refractivity contribution in [2.75, 3.05) is 19.8 Å². The molecule has 2 heterocycles. The first-order valence-corrected chi connectivity index (χ1v) is 31.4. The van der Waals surface area contributed by atoms with Gasteiger partial charge in [0.25, 0.3) is 0 Å². The van der Waals surface area contributed by atoms with Crippen LogP contribution in [0.15, 0.2) is 48.6 Å². The zero-order chi connectivity index (χ0) is 56.0. The van der Waals surface area contributed by atoms with Crippen LogP contribution in [0, 0.1) is 0 Å². The summed E-state index contributed by atoms with van der Waals surface area (Å²) in [5.41, 5.74) is 0. The third kappa shape index (κ3) is 34.1. The van der Waals surface area contributed by atoms with Crippen molar-refractivity contribution in [2.45, 2.75) is 325 Å². The molecule has 2 aliphatic heterocycles. The van der Waals surface area contributed by atoms with Crippen molar-refractivity contribution < 1.29 is 64.6 Å². The van der Waals surface area contributed by atoms with Gasteiger partial charge in [-0.1, -0.05) is 236 Å². The van der Waals surface area contributed by atoms with Gasteiger partial charge in [-0.05, 0) is 57.8 Å². The Kier molecular flexibility index (Phi) is 44.9. The summed E-state index contributed by atoms with van der Waals surface area (Å²) in [7, 11) is 0. The Morgan fingerprint density at radius 3 is 1.31 bits per heavy atom. The van der Waals surface area contributed by atoms with Gasteiger partial charge in [-0.25, -0.2) is 0 Å². The van der Waals surface area contributed by atoms with Crippen LogP contribution in [-0.2, 0) is 23.7 Å². The first-order chi connectivity index (χ1) is 37.6. The molecule has 0 bridgehead atoms. The molecule has 77 heavy (non-hydrogen) atoms. The van der Waals surface area contributed by atoms with Crippen LogP contribution in [0.1, 0.15) is 251 Å². The van der Waals surface area contributed by atoms with Crippen molar-refractivity contribution in [3.63, 3.8) is 0 Å². The Morgan fingerprint density at radius 1 is 0.468 bits per heavy atom. The molecule has 12 atom stereocenters. The molecule has 0 aromatic heterocycles. The molecule has 0 aliphatic carbocycles. The predicted molar refractivity (Wildman–Crippen MR) is 309 cm³/mol. The van der Waals surface area contributed by atoms with Gasteiger partial charge < -0.3 is 65.1 Å². The number of allylic oxidation sites excluding steroid dienone is 7. The van der Waals surface area contributed by atoms with E-state index in [0.29, 0.717) is 6.42 Å². The van der Waals surface area contributed by atoms with Crippen LogP contribution < -0.4 is 5.32 Å². The van der Waals surface area contributed by atoms with E-state index in [9.17, 15) is 45.6 Å². The van der Waals surface area contributed by atoms with Crippen LogP contribution in [0.5, 0.6) is 0 Å². The lowest BCUT2D eigenvalue weighted by Gasteiger charge is -2.46. The maximum atomic E-state index is 13.3. The highest BCUT2D eigenvalue weighted by Crippen LogP contribution is 2.30. The molecule has 1 amide bonds. The monoisotopic (exact) mass is 1090 g/mol. The van der Waals surface area contributed by atoms with Crippen LogP contribution >= 0.6 is 0 Å². The summed E-state index contributed by atoms with van der Waals surface area (Å²) in [6, 6.07) is -0.924. The number of nitrogens with one attached hydrogen (secondary N) is 1. The number of carbonyl (C=O) groups excluding carboxylic acids is 1. The highest BCUT2D eigenvalue weighted by Gasteiger charge is 2.51. The summed E-state index contributed by atoms with van der Waals surface area (Å²) in [5.74, 6) is -0.250. The Bertz CT molecular complexity index is 1480. The van der Waals surface area contributed by atoms with E-state index in [4.69, 9.17) is 18.9 Å². The second kappa shape index (κ2) is 48.6. The molecule has 0 aromatic rings. The summed E-state index contributed by atoms with van der Waals surface area (Å²) < 4.78 is 22.8. The SMILES string of the molecule is CCCCCCC/C=C\C/C=C\C/C=C\CCCCCCCCC(=O)NC(COC1OC(CO)C(OC2OC(CO)C(O)C(O)C2O)C(O)C1O)C(O)/C=C/CCCCCCCCCCCCCCCCCCCCCC. The second-order valence-corrected chi connectivity index (χ2v) is 22.2. The van der Waals surface area contributed by atoms with Crippen LogP contribution in [0.2, 0.25) is 0 Å². The topological polar surface area (TPSA) is 228 Å². The van der Waals surface area contributed by atoms with Gasteiger partial charge in [0.05, 0.1) is 32.0 Å². The zero-order valence-electron chi connectivity index (χ0n) is 48.5. The highest BCUT2D eigenvalue weighted by molar-refractivity contribution is 5.76. The van der Waals surface area contributed by atoms with Gasteiger partial charge >= 0.3 is 0 Å². The number of aliphatic hydroxyl groups excluding tert-OH is 8. The van der Waals surface area contributed by atoms with Crippen LogP contribution in [0.4, 0.5) is 0 Å². The average molecular weight is 1090 g/mol. The van der Waals surface area contributed by atoms with Gasteiger partial charge in [0.15, 0.2) is 12.6 Å². The second-order valence-electron chi connectivity index (χ2n) is 22.2. The van der Waals surface area contributed by atoms with E-state index in [-0.39, 0.29) is 18.9 Å². The van der Waals surface area contributed by atoms with Crippen LogP contribution in [0.25, 0.3) is 0 Å². The molecule has 0 spiro atoms. The van der Waals surface area contributed by atoms with Crippen molar-refractivity contribution in [3.8, 4) is 0 Å². The fraction of sp³-hybridized carbons (Fsp3) is 0.857. The standard InChI is InChI=1S/C63H115NO13/c1-3-5-7-9-11-13-15-17-19-21-23-25-27-28-30-32-34-36-38-40-42-44-46-52(67)51(50-74-62-60(73)58(71)61(54(49-66)76-62)77-63-59(72)57(70)56(69)53(48-65)75-63)64-55(68)47-45-43-41-39-37-35-33-31-29-26-24-22-20-18-16-14-12-10-8-6-4-2/h16,18,22,24,29,31,44,46,51-54,56-63,65-67,69-73H,3-15,17,19-21,23,25-28,30,32-43,45,47-50H2,1-2H3,(H,64,68)/b18-16-,24-22-,31-29-,46-44+. The molecule has 12 unspecified atom stereocenters. The third-order valence-electron chi connectivity index (χ3n) is 15.3. The fourth-order valence-corrected chi connectivity index (χ4v) is 10.2. The highest BCUT2D eigenvalue weighted by atomic mass is 16.7. The lowest BCUT2D eigenvalue weighted by molar-refractivity contribution is -0.359. The molecule has 450 valence electrons. The number of ether oxygens (including phenoxy) is 4. The number of carbonyl (C=O) groups is 1. The first-order valence-electron chi connectivity index (χ1n) is 31.4. The van der Waals surface area contributed by atoms with E-state index in [1.165, 1.54) is 154 Å². The van der Waals surface area contributed by atoms with E-state index < -0.39 is 86.8 Å². The van der Waals surface area contributed by atoms with E-state index in [0.717, 1.165) is 70.6 Å². The summed E-state index contributed by atoms with van der Waals surface area (Å²) in [4.78, 5) is 13.3. The zero-order valence-corrected chi connectivity index (χ0v) is 48.5. The molecule has 0 radical (unpaired) electrons. The lowest BCUT2D eigenvalue weighted by atomic mass is 9.97. The molecule has 0 aromatic carbocycles. The average Bonchev–Trinajstić information content (AvgIpc) is 3.44. The van der Waals surface area contributed by atoms with Crippen molar-refractivity contribution in [1.82, 2.24) is 5.32 Å². The number of unbranched alkanes of at least 4 members (excludes halogenated alkanes) is 31. The van der Waals surface area contributed by atoms with E-state index in [2.05, 4.69) is 55.6 Å². The molecular formula is C63H115NO13. The number of rotatable bonds is 50. The van der Waals surface area contributed by atoms with Gasteiger partial charge in [0, 0.05) is 6.42 Å². The Balaban J connectivity index is 1.76. The predicted octanol–water partition coefficient (Wildman–Crippen LogP) is 11.2. The van der Waals surface area contributed by atoms with Crippen LogP contribution in [0.3, 0.4) is 0 Å². The minimum Gasteiger partial charge on any atom is -0.394 e. The van der Waals surface area contributed by atoms with Crippen molar-refractivity contribution >= 4 is 5.91 Å². The van der Waals surface area contributed by atoms with Gasteiger partial charge in [0.2, 0.25) is 5.91 Å². The maximum Gasteiger partial charge on any atom is 0.220 e. The molecule has 2 fully saturated rings. The molecule has 14 nitrogen and oxygen atoms in total. The quantitative estimate of drug-likeness (QED) is 0.0204. The smallest absolute Gasteiger partial charge is 0.220 e. The van der Waals surface area contributed by atoms with Crippen molar-refractivity contribution in [2.24, 2.45) is 0 Å². The number of amides is 1. The maximum absolute atomic E-state index is 13.3. The Labute approximate surface area is 467 Å². The molecule has 9 N–H and O–H groups in total. The van der Waals surface area contributed by atoms with Crippen LogP contribution in [-0.4, -0.2) is 140 Å². The Hall–Kier alpha value is -2.05. The molecular weight excluding hydrogens is 979 g/mol. The molecule has 2 rings (SSSR count). The van der Waals surface area contributed by atoms with Gasteiger partial charge in [-0.2, -0.15) is 0 Å². The van der Waals surface area contributed by atoms with Gasteiger partial charge in [0.1, 0.15) is 48.8 Å². The molecule has 0 saturated carbocycles. The normalized spacial score (nSPS) is 25.0. The summed E-state index contributed by atoms with van der Waals surface area (Å²) >= 11 is 0. The first kappa shape index (κ1) is 71.1. The van der Waals surface area contributed by atoms with E-state index >= 15 is 0 Å². The molecule has 2 aliphatic rings. The number of hydrogen-bond acceptors (Lipinski definition) is 13. The lowest BCUT2D eigenvalue weighted by Crippen LogP contribution is -2.65. The minimum atomic E-state index is -1.79. The molecule has 2 saturated heterocycles. The number of aliphatic hydroxyl groups is 8.